The smallest absolute Gasteiger partial charge is 0.337 e. The zero-order valence-electron chi connectivity index (χ0n) is 13.5. The van der Waals surface area contributed by atoms with Crippen molar-refractivity contribution < 1.29 is 19.4 Å². The van der Waals surface area contributed by atoms with Gasteiger partial charge in [0.15, 0.2) is 0 Å². The maximum atomic E-state index is 12.5. The number of fused-ring (bicyclic) bond motifs is 1. The second-order valence-electron chi connectivity index (χ2n) is 5.49. The first-order valence-electron chi connectivity index (χ1n) is 7.57. The number of hydrogen-bond donors (Lipinski definition) is 2. The van der Waals surface area contributed by atoms with Crippen LogP contribution in [0.5, 0.6) is 0 Å². The lowest BCUT2D eigenvalue weighted by Crippen LogP contribution is -2.31. The van der Waals surface area contributed by atoms with Crippen molar-refractivity contribution in [2.24, 2.45) is 0 Å². The summed E-state index contributed by atoms with van der Waals surface area (Å²) in [5.74, 6) is -0.938. The van der Waals surface area contributed by atoms with Crippen LogP contribution in [0.3, 0.4) is 0 Å². The van der Waals surface area contributed by atoms with Gasteiger partial charge in [-0.2, -0.15) is 0 Å². The lowest BCUT2D eigenvalue weighted by Gasteiger charge is -2.15. The number of nitrogens with zero attached hydrogens (tertiary/aromatic N) is 2. The topological polar surface area (TPSA) is 91.8 Å². The summed E-state index contributed by atoms with van der Waals surface area (Å²) in [6.45, 7) is 0.0518. The van der Waals surface area contributed by atoms with Crippen LogP contribution in [0.2, 0.25) is 5.15 Å². The molecule has 7 nitrogen and oxygen atoms in total. The molecule has 0 fully saturated rings. The third kappa shape index (κ3) is 3.42. The molecule has 1 aromatic heterocycles. The number of pyridine rings is 1. The van der Waals surface area contributed by atoms with Gasteiger partial charge in [0, 0.05) is 23.8 Å². The van der Waals surface area contributed by atoms with Crippen molar-refractivity contribution in [1.29, 1.82) is 0 Å². The fraction of sp³-hybridized carbons (Fsp3) is 0.235. The summed E-state index contributed by atoms with van der Waals surface area (Å²) in [6, 6.07) is 7.14. The molecule has 0 saturated carbocycles. The van der Waals surface area contributed by atoms with Gasteiger partial charge in [-0.3, -0.25) is 4.79 Å². The predicted octanol–water partition coefficient (Wildman–Crippen LogP) is 1.56. The van der Waals surface area contributed by atoms with Crippen LogP contribution in [-0.2, 0) is 14.3 Å². The molecule has 0 atom stereocenters. The molecule has 0 spiro atoms. The fourth-order valence-electron chi connectivity index (χ4n) is 2.69. The Bertz CT molecular complexity index is 881. The highest BCUT2D eigenvalue weighted by molar-refractivity contribution is 6.30. The summed E-state index contributed by atoms with van der Waals surface area (Å²) >= 11 is 5.92. The lowest BCUT2D eigenvalue weighted by molar-refractivity contribution is -0.136. The first-order chi connectivity index (χ1) is 12.0. The van der Waals surface area contributed by atoms with Crippen LogP contribution in [0.4, 0.5) is 5.69 Å². The number of anilines is 1. The standard InChI is InChI=1S/C17H16ClN3O4/c1-25-17(24)13-9-21(4-5-22)16(23)15(13)20-12-3-2-10-8-19-14(18)7-11(10)6-12/h2-3,6-8,20,22H,4-5,9H2,1H3. The number of aliphatic hydroxyl groups is 1. The van der Waals surface area contributed by atoms with Crippen molar-refractivity contribution in [1.82, 2.24) is 9.88 Å². The molecule has 0 bridgehead atoms. The Balaban J connectivity index is 1.95. The van der Waals surface area contributed by atoms with Gasteiger partial charge in [-0.25, -0.2) is 9.78 Å². The summed E-state index contributed by atoms with van der Waals surface area (Å²) < 4.78 is 4.76. The molecule has 130 valence electrons. The van der Waals surface area contributed by atoms with Crippen LogP contribution in [-0.4, -0.2) is 53.7 Å². The molecule has 3 rings (SSSR count). The number of ether oxygens (including phenoxy) is 1. The maximum Gasteiger partial charge on any atom is 0.337 e. The van der Waals surface area contributed by atoms with E-state index >= 15 is 0 Å². The number of esters is 1. The zero-order chi connectivity index (χ0) is 18.0. The van der Waals surface area contributed by atoms with Gasteiger partial charge in [-0.15, -0.1) is 0 Å². The van der Waals surface area contributed by atoms with E-state index in [1.54, 1.807) is 18.3 Å². The zero-order valence-corrected chi connectivity index (χ0v) is 14.2. The molecule has 2 heterocycles. The molecular weight excluding hydrogens is 346 g/mol. The lowest BCUT2D eigenvalue weighted by atomic mass is 10.1. The molecule has 1 aliphatic heterocycles. The molecule has 1 amide bonds. The average molecular weight is 362 g/mol. The average Bonchev–Trinajstić information content (AvgIpc) is 2.91. The first-order valence-corrected chi connectivity index (χ1v) is 7.95. The van der Waals surface area contributed by atoms with Gasteiger partial charge in [-0.05, 0) is 23.6 Å². The highest BCUT2D eigenvalue weighted by Crippen LogP contribution is 2.26. The number of aromatic nitrogens is 1. The van der Waals surface area contributed by atoms with Crippen LogP contribution >= 0.6 is 11.6 Å². The van der Waals surface area contributed by atoms with E-state index in [2.05, 4.69) is 10.3 Å². The molecular formula is C17H16ClN3O4. The van der Waals surface area contributed by atoms with E-state index in [1.807, 2.05) is 12.1 Å². The molecule has 0 saturated heterocycles. The van der Waals surface area contributed by atoms with Crippen LogP contribution in [0, 0.1) is 0 Å². The number of carbonyl (C=O) groups is 2. The number of aliphatic hydroxyl groups excluding tert-OH is 1. The van der Waals surface area contributed by atoms with Crippen molar-refractivity contribution in [3.05, 3.63) is 46.9 Å². The minimum Gasteiger partial charge on any atom is -0.466 e. The normalized spacial score (nSPS) is 14.4. The Morgan fingerprint density at radius 2 is 2.20 bits per heavy atom. The van der Waals surface area contributed by atoms with Crippen molar-refractivity contribution in [3.63, 3.8) is 0 Å². The highest BCUT2D eigenvalue weighted by atomic mass is 35.5. The molecule has 25 heavy (non-hydrogen) atoms. The highest BCUT2D eigenvalue weighted by Gasteiger charge is 2.34. The summed E-state index contributed by atoms with van der Waals surface area (Å²) in [7, 11) is 1.26. The summed E-state index contributed by atoms with van der Waals surface area (Å²) in [5.41, 5.74) is 1.01. The fourth-order valence-corrected chi connectivity index (χ4v) is 2.85. The molecule has 2 aromatic rings. The Kier molecular flexibility index (Phi) is 4.87. The second kappa shape index (κ2) is 7.08. The predicted molar refractivity (Wildman–Crippen MR) is 93.1 cm³/mol. The number of benzene rings is 1. The summed E-state index contributed by atoms with van der Waals surface area (Å²) in [6.07, 6.45) is 1.66. The van der Waals surface area contributed by atoms with Crippen LogP contribution in [0.15, 0.2) is 41.7 Å². The molecule has 0 unspecified atom stereocenters. The van der Waals surface area contributed by atoms with Crippen molar-refractivity contribution in [2.45, 2.75) is 0 Å². The van der Waals surface area contributed by atoms with Gasteiger partial charge in [0.25, 0.3) is 5.91 Å². The van der Waals surface area contributed by atoms with E-state index in [1.165, 1.54) is 12.0 Å². The first kappa shape index (κ1) is 17.2. The monoisotopic (exact) mass is 361 g/mol. The van der Waals surface area contributed by atoms with Gasteiger partial charge in [0.05, 0.1) is 25.8 Å². The van der Waals surface area contributed by atoms with Crippen molar-refractivity contribution in [3.8, 4) is 0 Å². The number of hydrogen-bond acceptors (Lipinski definition) is 6. The third-order valence-electron chi connectivity index (χ3n) is 3.91. The Morgan fingerprint density at radius 1 is 1.40 bits per heavy atom. The molecule has 2 N–H and O–H groups in total. The number of halogens is 1. The minimum absolute atomic E-state index is 0.0950. The Labute approximate surface area is 148 Å². The number of methoxy groups -OCH3 is 1. The maximum absolute atomic E-state index is 12.5. The van der Waals surface area contributed by atoms with Crippen molar-refractivity contribution >= 4 is 39.9 Å². The van der Waals surface area contributed by atoms with E-state index in [-0.39, 0.29) is 36.9 Å². The summed E-state index contributed by atoms with van der Waals surface area (Å²) in [5, 5.41) is 14.2. The number of rotatable bonds is 5. The largest absolute Gasteiger partial charge is 0.466 e. The Hall–Kier alpha value is -2.64. The molecule has 1 aliphatic rings. The molecule has 0 radical (unpaired) electrons. The molecule has 8 heteroatoms. The van der Waals surface area contributed by atoms with Crippen LogP contribution in [0.1, 0.15) is 0 Å². The number of β-amino-alcohol motifs (C(OH)–C–C–N with tert-alkyl or cyclic N) is 1. The van der Waals surface area contributed by atoms with Gasteiger partial charge in [0.1, 0.15) is 10.9 Å². The number of carbonyl (C=O) groups excluding carboxylic acids is 2. The van der Waals surface area contributed by atoms with Crippen molar-refractivity contribution in [2.75, 3.05) is 32.1 Å². The summed E-state index contributed by atoms with van der Waals surface area (Å²) in [4.78, 5) is 29.9. The van der Waals surface area contributed by atoms with E-state index < -0.39 is 5.97 Å². The Morgan fingerprint density at radius 3 is 2.92 bits per heavy atom. The van der Waals surface area contributed by atoms with Crippen LogP contribution < -0.4 is 5.32 Å². The van der Waals surface area contributed by atoms with E-state index in [9.17, 15) is 9.59 Å². The van der Waals surface area contributed by atoms with Gasteiger partial charge >= 0.3 is 5.97 Å². The minimum atomic E-state index is -0.579. The quantitative estimate of drug-likeness (QED) is 0.620. The van der Waals surface area contributed by atoms with Gasteiger partial charge in [-0.1, -0.05) is 17.7 Å². The van der Waals surface area contributed by atoms with Crippen LogP contribution in [0.25, 0.3) is 10.8 Å². The van der Waals surface area contributed by atoms with Gasteiger partial charge in [0.2, 0.25) is 0 Å². The molecule has 0 aliphatic carbocycles. The molecule has 1 aromatic carbocycles. The van der Waals surface area contributed by atoms with E-state index in [4.69, 9.17) is 21.4 Å². The third-order valence-corrected chi connectivity index (χ3v) is 4.12. The van der Waals surface area contributed by atoms with E-state index in [0.717, 1.165) is 10.8 Å². The number of amides is 1. The number of nitrogens with one attached hydrogen (secondary N) is 1. The van der Waals surface area contributed by atoms with Gasteiger partial charge < -0.3 is 20.1 Å². The van der Waals surface area contributed by atoms with E-state index in [0.29, 0.717) is 10.8 Å². The SMILES string of the molecule is COC(=O)C1=C(Nc2ccc3cnc(Cl)cc3c2)C(=O)N(CCO)C1. The second-order valence-corrected chi connectivity index (χ2v) is 5.88.